The van der Waals surface area contributed by atoms with Crippen LogP contribution >= 0.6 is 0 Å². The predicted molar refractivity (Wildman–Crippen MR) is 129 cm³/mol. The Balaban J connectivity index is 1.63. The van der Waals surface area contributed by atoms with Gasteiger partial charge >= 0.3 is 6.03 Å². The number of amides is 3. The molecule has 3 aromatic rings. The van der Waals surface area contributed by atoms with Crippen molar-refractivity contribution in [3.8, 4) is 0 Å². The van der Waals surface area contributed by atoms with Crippen molar-refractivity contribution < 1.29 is 9.59 Å². The second kappa shape index (κ2) is 9.69. The van der Waals surface area contributed by atoms with Gasteiger partial charge in [-0.3, -0.25) is 4.79 Å². The molecule has 0 fully saturated rings. The molecule has 0 spiro atoms. The highest BCUT2D eigenvalue weighted by molar-refractivity contribution is 5.99. The fraction of sp³-hybridized carbons (Fsp3) is 0.259. The second-order valence-corrected chi connectivity index (χ2v) is 8.44. The Morgan fingerprint density at radius 2 is 1.75 bits per heavy atom. The number of hydrogen-bond acceptors (Lipinski definition) is 2. The number of carbonyl (C=O) groups is 2. The average Bonchev–Trinajstić information content (AvgIpc) is 2.84. The predicted octanol–water partition coefficient (Wildman–Crippen LogP) is 5.57. The Morgan fingerprint density at radius 1 is 1.00 bits per heavy atom. The number of nitrogens with one attached hydrogen (secondary N) is 1. The van der Waals surface area contributed by atoms with Crippen LogP contribution in [0.3, 0.4) is 0 Å². The third-order valence-corrected chi connectivity index (χ3v) is 5.96. The van der Waals surface area contributed by atoms with Crippen LogP contribution in [0.5, 0.6) is 0 Å². The monoisotopic (exact) mass is 427 g/mol. The number of hydrogen-bond donors (Lipinski definition) is 1. The molecule has 0 radical (unpaired) electrons. The van der Waals surface area contributed by atoms with Crippen LogP contribution in [0, 0.1) is 6.92 Å². The quantitative estimate of drug-likeness (QED) is 0.594. The topological polar surface area (TPSA) is 52.7 Å². The molecule has 0 aromatic heterocycles. The molecule has 0 saturated carbocycles. The van der Waals surface area contributed by atoms with Crippen molar-refractivity contribution in [2.75, 3.05) is 23.3 Å². The Bertz CT molecular complexity index is 1100. The molecule has 1 aliphatic rings. The van der Waals surface area contributed by atoms with Crippen LogP contribution in [0.15, 0.2) is 78.9 Å². The van der Waals surface area contributed by atoms with Crippen LogP contribution in [0.25, 0.3) is 0 Å². The van der Waals surface area contributed by atoms with Gasteiger partial charge in [0.1, 0.15) is 6.54 Å². The minimum Gasteiger partial charge on any atom is -0.315 e. The van der Waals surface area contributed by atoms with Gasteiger partial charge in [-0.05, 0) is 54.2 Å². The lowest BCUT2D eigenvalue weighted by Crippen LogP contribution is -2.44. The Hall–Kier alpha value is -3.60. The van der Waals surface area contributed by atoms with E-state index < -0.39 is 0 Å². The number of aryl methyl sites for hydroxylation is 1. The van der Waals surface area contributed by atoms with Crippen molar-refractivity contribution in [2.45, 2.75) is 32.7 Å². The van der Waals surface area contributed by atoms with Crippen molar-refractivity contribution in [2.24, 2.45) is 0 Å². The molecule has 3 amide bonds. The van der Waals surface area contributed by atoms with E-state index in [1.165, 1.54) is 0 Å². The van der Waals surface area contributed by atoms with E-state index in [4.69, 9.17) is 0 Å². The van der Waals surface area contributed by atoms with E-state index in [2.05, 4.69) is 18.3 Å². The molecule has 164 valence electrons. The summed E-state index contributed by atoms with van der Waals surface area (Å²) in [5.74, 6) is 0.124. The van der Waals surface area contributed by atoms with Gasteiger partial charge in [0.25, 0.3) is 0 Å². The first-order valence-electron chi connectivity index (χ1n) is 11.1. The lowest BCUT2D eigenvalue weighted by molar-refractivity contribution is -0.119. The minimum absolute atomic E-state index is 0.0333. The summed E-state index contributed by atoms with van der Waals surface area (Å²) in [7, 11) is 0. The van der Waals surface area contributed by atoms with Crippen LogP contribution in [-0.4, -0.2) is 29.9 Å². The molecular formula is C27H29N3O2. The summed E-state index contributed by atoms with van der Waals surface area (Å²) < 4.78 is 0. The summed E-state index contributed by atoms with van der Waals surface area (Å²) >= 11 is 0. The number of rotatable bonds is 3. The zero-order chi connectivity index (χ0) is 22.5. The van der Waals surface area contributed by atoms with E-state index in [1.54, 1.807) is 4.90 Å². The van der Waals surface area contributed by atoms with E-state index in [1.807, 2.05) is 84.6 Å². The highest BCUT2D eigenvalue weighted by Crippen LogP contribution is 2.32. The Morgan fingerprint density at radius 3 is 2.53 bits per heavy atom. The third-order valence-electron chi connectivity index (χ3n) is 5.96. The molecule has 32 heavy (non-hydrogen) atoms. The molecule has 4 rings (SSSR count). The summed E-state index contributed by atoms with van der Waals surface area (Å²) in [4.78, 5) is 30.1. The van der Waals surface area contributed by atoms with E-state index in [-0.39, 0.29) is 24.4 Å². The Kier molecular flexibility index (Phi) is 6.55. The van der Waals surface area contributed by atoms with E-state index >= 15 is 0 Å². The van der Waals surface area contributed by atoms with Crippen molar-refractivity contribution in [3.05, 3.63) is 95.6 Å². The summed E-state index contributed by atoms with van der Waals surface area (Å²) in [5, 5.41) is 2.96. The largest absolute Gasteiger partial charge is 0.322 e. The number of para-hydroxylation sites is 1. The maximum atomic E-state index is 13.5. The number of carbonyl (C=O) groups excluding carboxylic acids is 2. The molecular weight excluding hydrogens is 398 g/mol. The van der Waals surface area contributed by atoms with E-state index in [0.29, 0.717) is 13.1 Å². The van der Waals surface area contributed by atoms with Gasteiger partial charge in [-0.25, -0.2) is 4.79 Å². The average molecular weight is 428 g/mol. The SMILES string of the molecule is Cc1cccc(NC(=O)N2CCC(C)c3ccccc3N(Cc3ccccc3)C(=O)C2)c1. The fourth-order valence-electron chi connectivity index (χ4n) is 4.16. The van der Waals surface area contributed by atoms with Gasteiger partial charge in [0.05, 0.1) is 6.54 Å². The minimum atomic E-state index is -0.248. The van der Waals surface area contributed by atoms with Crippen molar-refractivity contribution >= 4 is 23.3 Å². The normalized spacial score (nSPS) is 16.6. The first kappa shape index (κ1) is 21.6. The third kappa shape index (κ3) is 4.99. The lowest BCUT2D eigenvalue weighted by Gasteiger charge is -2.27. The number of urea groups is 1. The van der Waals surface area contributed by atoms with Crippen molar-refractivity contribution in [3.63, 3.8) is 0 Å². The molecule has 1 unspecified atom stereocenters. The maximum Gasteiger partial charge on any atom is 0.322 e. The van der Waals surface area contributed by atoms with Crippen LogP contribution in [0.2, 0.25) is 0 Å². The van der Waals surface area contributed by atoms with Gasteiger partial charge in [0.15, 0.2) is 0 Å². The summed E-state index contributed by atoms with van der Waals surface area (Å²) in [6, 6.07) is 25.5. The number of benzene rings is 3. The Labute approximate surface area is 189 Å². The van der Waals surface area contributed by atoms with Crippen molar-refractivity contribution in [1.29, 1.82) is 0 Å². The van der Waals surface area contributed by atoms with Gasteiger partial charge < -0.3 is 15.1 Å². The molecule has 0 bridgehead atoms. The highest BCUT2D eigenvalue weighted by Gasteiger charge is 2.28. The summed E-state index contributed by atoms with van der Waals surface area (Å²) in [5.41, 5.74) is 4.92. The standard InChI is InChI=1S/C27H29N3O2/c1-20-9-8-12-23(17-20)28-27(32)29-16-15-21(2)24-13-6-7-14-25(24)30(26(31)19-29)18-22-10-4-3-5-11-22/h3-14,17,21H,15-16,18-19H2,1-2H3,(H,28,32). The van der Waals surface area contributed by atoms with E-state index in [9.17, 15) is 9.59 Å². The summed E-state index contributed by atoms with van der Waals surface area (Å²) in [6.07, 6.45) is 0.782. The van der Waals surface area contributed by atoms with Crippen LogP contribution < -0.4 is 10.2 Å². The number of fused-ring (bicyclic) bond motifs is 1. The van der Waals surface area contributed by atoms with Gasteiger partial charge in [0.2, 0.25) is 5.91 Å². The molecule has 0 saturated heterocycles. The second-order valence-electron chi connectivity index (χ2n) is 8.44. The first-order valence-corrected chi connectivity index (χ1v) is 11.1. The smallest absolute Gasteiger partial charge is 0.315 e. The zero-order valence-corrected chi connectivity index (χ0v) is 18.6. The van der Waals surface area contributed by atoms with Gasteiger partial charge in [-0.2, -0.15) is 0 Å². The van der Waals surface area contributed by atoms with Gasteiger partial charge in [0, 0.05) is 17.9 Å². The van der Waals surface area contributed by atoms with Gasteiger partial charge in [-0.15, -0.1) is 0 Å². The molecule has 0 aliphatic carbocycles. The lowest BCUT2D eigenvalue weighted by atomic mass is 9.95. The molecule has 1 atom stereocenters. The maximum absolute atomic E-state index is 13.5. The summed E-state index contributed by atoms with van der Waals surface area (Å²) in [6.45, 7) is 5.16. The molecule has 1 heterocycles. The van der Waals surface area contributed by atoms with Gasteiger partial charge in [-0.1, -0.05) is 67.6 Å². The molecule has 5 nitrogen and oxygen atoms in total. The zero-order valence-electron chi connectivity index (χ0n) is 18.6. The fourth-order valence-corrected chi connectivity index (χ4v) is 4.16. The van der Waals surface area contributed by atoms with Crippen molar-refractivity contribution in [1.82, 2.24) is 4.90 Å². The molecule has 1 aliphatic heterocycles. The number of anilines is 2. The molecule has 5 heteroatoms. The van der Waals surface area contributed by atoms with Crippen LogP contribution in [0.1, 0.15) is 36.0 Å². The molecule has 1 N–H and O–H groups in total. The first-order chi connectivity index (χ1) is 15.5. The van der Waals surface area contributed by atoms with Crippen LogP contribution in [-0.2, 0) is 11.3 Å². The highest BCUT2D eigenvalue weighted by atomic mass is 16.2. The number of nitrogens with zero attached hydrogens (tertiary/aromatic N) is 2. The van der Waals surface area contributed by atoms with E-state index in [0.717, 1.165) is 34.5 Å². The molecule has 3 aromatic carbocycles. The van der Waals surface area contributed by atoms with Crippen LogP contribution in [0.4, 0.5) is 16.2 Å².